The highest BCUT2D eigenvalue weighted by molar-refractivity contribution is 5.96. The Labute approximate surface area is 167 Å². The highest BCUT2D eigenvalue weighted by Gasteiger charge is 2.30. The van der Waals surface area contributed by atoms with Gasteiger partial charge in [-0.25, -0.2) is 4.79 Å². The van der Waals surface area contributed by atoms with E-state index in [9.17, 15) is 24.0 Å². The Morgan fingerprint density at radius 1 is 0.897 bits per heavy atom. The van der Waals surface area contributed by atoms with E-state index in [0.29, 0.717) is 19.4 Å². The Morgan fingerprint density at radius 3 is 1.86 bits per heavy atom. The van der Waals surface area contributed by atoms with Gasteiger partial charge in [0.2, 0.25) is 23.6 Å². The van der Waals surface area contributed by atoms with Crippen molar-refractivity contribution in [1.82, 2.24) is 16.0 Å². The van der Waals surface area contributed by atoms with Crippen molar-refractivity contribution >= 4 is 29.6 Å². The summed E-state index contributed by atoms with van der Waals surface area (Å²) in [5.41, 5.74) is 15.9. The first-order valence-corrected chi connectivity index (χ1v) is 9.02. The summed E-state index contributed by atoms with van der Waals surface area (Å²) in [4.78, 5) is 58.9. The number of carboxylic acids is 1. The van der Waals surface area contributed by atoms with Gasteiger partial charge in [0.25, 0.3) is 0 Å². The molecule has 0 aliphatic rings. The van der Waals surface area contributed by atoms with E-state index in [1.165, 1.54) is 6.92 Å². The van der Waals surface area contributed by atoms with Crippen LogP contribution in [0.25, 0.3) is 0 Å². The minimum atomic E-state index is -1.56. The Morgan fingerprint density at radius 2 is 1.41 bits per heavy atom. The normalized spacial score (nSPS) is 14.8. The lowest BCUT2D eigenvalue weighted by atomic mass is 10.1. The first-order valence-electron chi connectivity index (χ1n) is 9.02. The fourth-order valence-electron chi connectivity index (χ4n) is 2.21. The predicted octanol–water partition coefficient (Wildman–Crippen LogP) is -4.13. The van der Waals surface area contributed by atoms with Crippen molar-refractivity contribution in [3.63, 3.8) is 0 Å². The molecule has 0 radical (unpaired) electrons. The van der Waals surface area contributed by atoms with Crippen LogP contribution in [0.4, 0.5) is 0 Å². The molecule has 0 bridgehead atoms. The molecule has 4 unspecified atom stereocenters. The van der Waals surface area contributed by atoms with Crippen LogP contribution in [0.3, 0.4) is 0 Å². The zero-order valence-electron chi connectivity index (χ0n) is 16.2. The van der Waals surface area contributed by atoms with Crippen molar-refractivity contribution in [3.05, 3.63) is 0 Å². The molecule has 0 aromatic rings. The highest BCUT2D eigenvalue weighted by atomic mass is 16.4. The Bertz CT molecular complexity index is 598. The summed E-state index contributed by atoms with van der Waals surface area (Å²) in [6.45, 7) is 0.864. The zero-order chi connectivity index (χ0) is 22.6. The van der Waals surface area contributed by atoms with Crippen LogP contribution in [-0.2, 0) is 24.0 Å². The van der Waals surface area contributed by atoms with Gasteiger partial charge in [0.1, 0.15) is 18.1 Å². The van der Waals surface area contributed by atoms with Crippen LogP contribution in [0.1, 0.15) is 32.6 Å². The van der Waals surface area contributed by atoms with Gasteiger partial charge >= 0.3 is 5.97 Å². The van der Waals surface area contributed by atoms with Crippen LogP contribution in [-0.4, -0.2) is 77.1 Å². The van der Waals surface area contributed by atoms with Crippen LogP contribution in [0.15, 0.2) is 0 Å². The first-order chi connectivity index (χ1) is 13.5. The van der Waals surface area contributed by atoms with Crippen molar-refractivity contribution in [2.45, 2.75) is 56.8 Å². The van der Waals surface area contributed by atoms with Crippen LogP contribution in [0.5, 0.6) is 0 Å². The van der Waals surface area contributed by atoms with Gasteiger partial charge in [0.15, 0.2) is 0 Å². The molecule has 0 aromatic heterocycles. The van der Waals surface area contributed by atoms with E-state index in [2.05, 4.69) is 16.0 Å². The lowest BCUT2D eigenvalue weighted by Gasteiger charge is -2.24. The van der Waals surface area contributed by atoms with Gasteiger partial charge in [-0.05, 0) is 32.7 Å². The smallest absolute Gasteiger partial charge is 0.328 e. The third-order valence-corrected chi connectivity index (χ3v) is 3.83. The monoisotopic (exact) mass is 418 g/mol. The average Bonchev–Trinajstić information content (AvgIpc) is 2.63. The van der Waals surface area contributed by atoms with E-state index in [4.69, 9.17) is 27.4 Å². The highest BCUT2D eigenvalue weighted by Crippen LogP contribution is 2.04. The van der Waals surface area contributed by atoms with Gasteiger partial charge in [-0.3, -0.25) is 19.2 Å². The molecule has 0 saturated heterocycles. The third kappa shape index (κ3) is 10.4. The topological polar surface area (TPSA) is 240 Å². The maximum atomic E-state index is 12.5. The number of unbranched alkanes of at least 4 members (excludes halogenated alkanes) is 1. The maximum absolute atomic E-state index is 12.5. The number of nitrogens with two attached hydrogens (primary N) is 3. The number of hydrogen-bond acceptors (Lipinski definition) is 8. The van der Waals surface area contributed by atoms with Gasteiger partial charge in [0, 0.05) is 0 Å². The molecule has 0 saturated carbocycles. The number of rotatable bonds is 14. The maximum Gasteiger partial charge on any atom is 0.328 e. The minimum absolute atomic E-state index is 0.108. The number of nitrogens with one attached hydrogen (secondary N) is 3. The molecule has 29 heavy (non-hydrogen) atoms. The SMILES string of the molecule is CC(N)C(=O)NC(CC(N)=O)C(=O)NC(CCCCN)C(=O)NC(CO)C(=O)O. The van der Waals surface area contributed by atoms with Crippen molar-refractivity contribution in [3.8, 4) is 0 Å². The number of aliphatic carboxylic acids is 1. The van der Waals surface area contributed by atoms with Crippen molar-refractivity contribution < 1.29 is 34.2 Å². The summed E-state index contributed by atoms with van der Waals surface area (Å²) in [6.07, 6.45) is 0.541. The van der Waals surface area contributed by atoms with E-state index in [1.807, 2.05) is 0 Å². The molecule has 11 N–H and O–H groups in total. The third-order valence-electron chi connectivity index (χ3n) is 3.83. The fourth-order valence-corrected chi connectivity index (χ4v) is 2.21. The molecule has 4 amide bonds. The van der Waals surface area contributed by atoms with Gasteiger partial charge < -0.3 is 43.4 Å². The quantitative estimate of drug-likeness (QED) is 0.128. The molecule has 0 aliphatic heterocycles. The Kier molecular flexibility index (Phi) is 12.1. The molecule has 0 aliphatic carbocycles. The summed E-state index contributed by atoms with van der Waals surface area (Å²) in [6, 6.07) is -5.08. The van der Waals surface area contributed by atoms with Crippen LogP contribution in [0, 0.1) is 0 Å². The number of carboxylic acid groups (broad SMARTS) is 1. The standard InChI is InChI=1S/C16H30N6O7/c1-8(18)13(25)21-10(6-12(19)24)15(27)20-9(4-2-3-5-17)14(26)22-11(7-23)16(28)29/h8-11,23H,2-7,17-18H2,1H3,(H2,19,24)(H,20,27)(H,21,25)(H,22,26)(H,28,29). The molecule has 166 valence electrons. The summed E-state index contributed by atoms with van der Waals surface area (Å²) in [5.74, 6) is -4.76. The molecule has 0 rings (SSSR count). The molecule has 4 atom stereocenters. The number of carbonyl (C=O) groups excluding carboxylic acids is 4. The summed E-state index contributed by atoms with van der Waals surface area (Å²) < 4.78 is 0. The lowest BCUT2D eigenvalue weighted by molar-refractivity contribution is -0.143. The fraction of sp³-hybridized carbons (Fsp3) is 0.688. The number of hydrogen-bond donors (Lipinski definition) is 8. The number of amides is 4. The molecular weight excluding hydrogens is 388 g/mol. The van der Waals surface area contributed by atoms with Crippen molar-refractivity contribution in [2.75, 3.05) is 13.2 Å². The number of carbonyl (C=O) groups is 5. The summed E-state index contributed by atoms with van der Waals surface area (Å²) >= 11 is 0. The predicted molar refractivity (Wildman–Crippen MR) is 101 cm³/mol. The molecule has 13 nitrogen and oxygen atoms in total. The second-order valence-corrected chi connectivity index (χ2v) is 6.45. The molecule has 0 fully saturated rings. The van der Waals surface area contributed by atoms with Crippen LogP contribution >= 0.6 is 0 Å². The Balaban J connectivity index is 5.34. The van der Waals surface area contributed by atoms with Gasteiger partial charge in [-0.2, -0.15) is 0 Å². The average molecular weight is 418 g/mol. The lowest BCUT2D eigenvalue weighted by Crippen LogP contribution is -2.57. The van der Waals surface area contributed by atoms with E-state index in [-0.39, 0.29) is 6.42 Å². The number of aliphatic hydroxyl groups excluding tert-OH is 1. The first kappa shape index (κ1) is 26.2. The van der Waals surface area contributed by atoms with Crippen molar-refractivity contribution in [2.24, 2.45) is 17.2 Å². The van der Waals surface area contributed by atoms with Crippen LogP contribution in [0.2, 0.25) is 0 Å². The largest absolute Gasteiger partial charge is 0.480 e. The van der Waals surface area contributed by atoms with Gasteiger partial charge in [-0.1, -0.05) is 0 Å². The van der Waals surface area contributed by atoms with Gasteiger partial charge in [-0.15, -0.1) is 0 Å². The zero-order valence-corrected chi connectivity index (χ0v) is 16.2. The molecule has 0 aromatic carbocycles. The van der Waals surface area contributed by atoms with E-state index >= 15 is 0 Å². The summed E-state index contributed by atoms with van der Waals surface area (Å²) in [5, 5.41) is 24.7. The van der Waals surface area contributed by atoms with Crippen molar-refractivity contribution in [1.29, 1.82) is 0 Å². The second kappa shape index (κ2) is 13.4. The second-order valence-electron chi connectivity index (χ2n) is 6.45. The van der Waals surface area contributed by atoms with E-state index in [0.717, 1.165) is 0 Å². The molecule has 0 spiro atoms. The molecule has 13 heteroatoms. The van der Waals surface area contributed by atoms with E-state index in [1.54, 1.807) is 0 Å². The van der Waals surface area contributed by atoms with Gasteiger partial charge in [0.05, 0.1) is 19.1 Å². The summed E-state index contributed by atoms with van der Waals surface area (Å²) in [7, 11) is 0. The number of primary amides is 1. The molecular formula is C16H30N6O7. The van der Waals surface area contributed by atoms with E-state index < -0.39 is 66.8 Å². The Hall–Kier alpha value is -2.77. The van der Waals surface area contributed by atoms with Crippen LogP contribution < -0.4 is 33.2 Å². The number of aliphatic hydroxyl groups is 1. The minimum Gasteiger partial charge on any atom is -0.480 e. The molecule has 0 heterocycles.